The zero-order chi connectivity index (χ0) is 26.1. The molecule has 0 aliphatic rings. The van der Waals surface area contributed by atoms with E-state index < -0.39 is 0 Å². The molecular weight excluding hydrogens is 476 g/mol. The van der Waals surface area contributed by atoms with Crippen LogP contribution in [-0.4, -0.2) is 31.6 Å². The number of fused-ring (bicyclic) bond motifs is 2. The van der Waals surface area contributed by atoms with Gasteiger partial charge < -0.3 is 10.1 Å². The number of pyridine rings is 3. The maximum atomic E-state index is 14.3. The first kappa shape index (κ1) is 23.3. The van der Waals surface area contributed by atoms with Crippen LogP contribution in [0, 0.1) is 0 Å². The first-order valence-corrected chi connectivity index (χ1v) is 12.2. The van der Waals surface area contributed by atoms with E-state index in [1.165, 1.54) is 6.33 Å². The van der Waals surface area contributed by atoms with E-state index in [0.717, 1.165) is 33.4 Å². The highest BCUT2D eigenvalue weighted by Gasteiger charge is 2.20. The number of nitrogens with one attached hydrogen (secondary N) is 1. The largest absolute Gasteiger partial charge is 0.481 e. The lowest BCUT2D eigenvalue weighted by molar-refractivity contribution is 0.398. The molecule has 0 aliphatic heterocycles. The van der Waals surface area contributed by atoms with Crippen LogP contribution in [0.25, 0.3) is 38.6 Å². The summed E-state index contributed by atoms with van der Waals surface area (Å²) >= 11 is 0. The molecule has 8 heteroatoms. The summed E-state index contributed by atoms with van der Waals surface area (Å²) in [6.07, 6.45) is 4.96. The summed E-state index contributed by atoms with van der Waals surface area (Å²) in [5.74, 6) is 1.12. The number of rotatable bonds is 6. The molecule has 8 nitrogen and oxygen atoms in total. The van der Waals surface area contributed by atoms with Gasteiger partial charge >= 0.3 is 0 Å². The van der Waals surface area contributed by atoms with Crippen molar-refractivity contribution in [2.45, 2.75) is 13.0 Å². The summed E-state index contributed by atoms with van der Waals surface area (Å²) in [7, 11) is 1.58. The first-order chi connectivity index (χ1) is 18.6. The fraction of sp³-hybridized carbons (Fsp3) is 0.100. The average Bonchev–Trinajstić information content (AvgIpc) is 2.97. The summed E-state index contributed by atoms with van der Waals surface area (Å²) in [5, 5.41) is 4.92. The molecule has 186 valence electrons. The van der Waals surface area contributed by atoms with Crippen LogP contribution in [0.15, 0.2) is 102 Å². The second-order valence-corrected chi connectivity index (χ2v) is 8.86. The van der Waals surface area contributed by atoms with Crippen molar-refractivity contribution in [3.8, 4) is 22.7 Å². The van der Waals surface area contributed by atoms with E-state index >= 15 is 0 Å². The van der Waals surface area contributed by atoms with Crippen LogP contribution < -0.4 is 15.6 Å². The van der Waals surface area contributed by atoms with E-state index in [0.29, 0.717) is 22.6 Å². The SMILES string of the molecule is COc1ccc(-c2cccc3cc(C(C)Nc4ncnc5cccnc45)n(-c4ccccc4)c(=O)c23)cn1. The summed E-state index contributed by atoms with van der Waals surface area (Å²) in [5.41, 5.74) is 4.52. The molecule has 0 saturated carbocycles. The standard InChI is InChI=1S/C30H24N6O2/c1-19(35-29-28-24(33-18-34-29)12-7-15-31-28)25-16-20-8-6-11-23(21-13-14-26(38-2)32-17-21)27(20)30(37)36(25)22-9-4-3-5-10-22/h3-19H,1-2H3,(H,33,34,35). The predicted octanol–water partition coefficient (Wildman–Crippen LogP) is 5.57. The Morgan fingerprint density at radius 3 is 2.55 bits per heavy atom. The molecule has 0 fully saturated rings. The molecule has 1 atom stereocenters. The Morgan fingerprint density at radius 2 is 1.76 bits per heavy atom. The third-order valence-corrected chi connectivity index (χ3v) is 6.54. The lowest BCUT2D eigenvalue weighted by Gasteiger charge is -2.22. The molecule has 6 rings (SSSR count). The molecule has 0 radical (unpaired) electrons. The van der Waals surface area contributed by atoms with Crippen molar-refractivity contribution in [1.82, 2.24) is 24.5 Å². The topological polar surface area (TPSA) is 94.8 Å². The monoisotopic (exact) mass is 500 g/mol. The summed E-state index contributed by atoms with van der Waals surface area (Å²) in [6.45, 7) is 2.01. The Labute approximate surface area is 218 Å². The van der Waals surface area contributed by atoms with Gasteiger partial charge in [-0.15, -0.1) is 0 Å². The van der Waals surface area contributed by atoms with Crippen LogP contribution >= 0.6 is 0 Å². The predicted molar refractivity (Wildman–Crippen MR) is 149 cm³/mol. The van der Waals surface area contributed by atoms with E-state index in [1.54, 1.807) is 30.1 Å². The quantitative estimate of drug-likeness (QED) is 0.319. The second-order valence-electron chi connectivity index (χ2n) is 8.86. The molecule has 2 aromatic carbocycles. The summed E-state index contributed by atoms with van der Waals surface area (Å²) in [4.78, 5) is 31.8. The van der Waals surface area contributed by atoms with Gasteiger partial charge in [-0.1, -0.05) is 36.4 Å². The van der Waals surface area contributed by atoms with E-state index in [1.807, 2.05) is 73.7 Å². The van der Waals surface area contributed by atoms with Gasteiger partial charge in [-0.3, -0.25) is 14.3 Å². The number of ether oxygens (including phenoxy) is 1. The Balaban J connectivity index is 1.55. The number of para-hydroxylation sites is 1. The van der Waals surface area contributed by atoms with Gasteiger partial charge in [0, 0.05) is 35.4 Å². The molecular formula is C30H24N6O2. The van der Waals surface area contributed by atoms with Crippen molar-refractivity contribution < 1.29 is 4.74 Å². The van der Waals surface area contributed by atoms with Crippen molar-refractivity contribution in [3.63, 3.8) is 0 Å². The summed E-state index contributed by atoms with van der Waals surface area (Å²) in [6, 6.07) is 24.7. The fourth-order valence-electron chi connectivity index (χ4n) is 4.72. The van der Waals surface area contributed by atoms with Crippen molar-refractivity contribution in [2.24, 2.45) is 0 Å². The number of anilines is 1. The Kier molecular flexibility index (Phi) is 5.97. The maximum Gasteiger partial charge on any atom is 0.263 e. The number of nitrogens with zero attached hydrogens (tertiary/aromatic N) is 5. The van der Waals surface area contributed by atoms with Gasteiger partial charge in [-0.25, -0.2) is 15.0 Å². The van der Waals surface area contributed by atoms with Gasteiger partial charge in [-0.05, 0) is 54.3 Å². The number of methoxy groups -OCH3 is 1. The van der Waals surface area contributed by atoms with Crippen LogP contribution in [0.1, 0.15) is 18.7 Å². The van der Waals surface area contributed by atoms with Crippen molar-refractivity contribution in [2.75, 3.05) is 12.4 Å². The number of hydrogen-bond donors (Lipinski definition) is 1. The highest BCUT2D eigenvalue weighted by molar-refractivity contribution is 5.96. The molecule has 1 N–H and O–H groups in total. The van der Waals surface area contributed by atoms with Crippen molar-refractivity contribution in [1.29, 1.82) is 0 Å². The third-order valence-electron chi connectivity index (χ3n) is 6.54. The van der Waals surface area contributed by atoms with Crippen molar-refractivity contribution in [3.05, 3.63) is 114 Å². The average molecular weight is 501 g/mol. The van der Waals surface area contributed by atoms with Gasteiger partial charge in [0.15, 0.2) is 5.82 Å². The molecule has 0 spiro atoms. The molecule has 0 amide bonds. The van der Waals surface area contributed by atoms with Crippen LogP contribution in [0.5, 0.6) is 5.88 Å². The van der Waals surface area contributed by atoms with Crippen LogP contribution in [-0.2, 0) is 0 Å². The minimum Gasteiger partial charge on any atom is -0.481 e. The van der Waals surface area contributed by atoms with Gasteiger partial charge in [-0.2, -0.15) is 0 Å². The number of benzene rings is 2. The lowest BCUT2D eigenvalue weighted by Crippen LogP contribution is -2.26. The number of hydrogen-bond acceptors (Lipinski definition) is 7. The van der Waals surface area contributed by atoms with Crippen molar-refractivity contribution >= 4 is 27.6 Å². The van der Waals surface area contributed by atoms with Crippen LogP contribution in [0.4, 0.5) is 5.82 Å². The van der Waals surface area contributed by atoms with Gasteiger partial charge in [0.05, 0.1) is 24.1 Å². The zero-order valence-electron chi connectivity index (χ0n) is 20.9. The smallest absolute Gasteiger partial charge is 0.263 e. The van der Waals surface area contributed by atoms with E-state index in [4.69, 9.17) is 4.74 Å². The third kappa shape index (κ3) is 4.12. The molecule has 1 unspecified atom stereocenters. The van der Waals surface area contributed by atoms with Gasteiger partial charge in [0.1, 0.15) is 11.8 Å². The van der Waals surface area contributed by atoms with E-state index in [9.17, 15) is 4.79 Å². The Bertz CT molecular complexity index is 1810. The van der Waals surface area contributed by atoms with E-state index in [2.05, 4.69) is 31.3 Å². The number of aromatic nitrogens is 5. The molecule has 0 bridgehead atoms. The molecule has 4 heterocycles. The Morgan fingerprint density at radius 1 is 0.895 bits per heavy atom. The lowest BCUT2D eigenvalue weighted by atomic mass is 9.99. The normalized spacial score (nSPS) is 11.9. The van der Waals surface area contributed by atoms with Crippen LogP contribution in [0.2, 0.25) is 0 Å². The van der Waals surface area contributed by atoms with Crippen LogP contribution in [0.3, 0.4) is 0 Å². The second kappa shape index (κ2) is 9.74. The highest BCUT2D eigenvalue weighted by Crippen LogP contribution is 2.31. The zero-order valence-corrected chi connectivity index (χ0v) is 20.9. The molecule has 4 aromatic heterocycles. The Hall–Kier alpha value is -5.11. The van der Waals surface area contributed by atoms with E-state index in [-0.39, 0.29) is 11.6 Å². The molecule has 6 aromatic rings. The minimum absolute atomic E-state index is 0.116. The first-order valence-electron chi connectivity index (χ1n) is 12.2. The highest BCUT2D eigenvalue weighted by atomic mass is 16.5. The summed E-state index contributed by atoms with van der Waals surface area (Å²) < 4.78 is 6.97. The minimum atomic E-state index is -0.279. The fourth-order valence-corrected chi connectivity index (χ4v) is 4.72. The molecule has 0 saturated heterocycles. The maximum absolute atomic E-state index is 14.3. The molecule has 38 heavy (non-hydrogen) atoms. The molecule has 0 aliphatic carbocycles. The van der Waals surface area contributed by atoms with Gasteiger partial charge in [0.25, 0.3) is 5.56 Å². The van der Waals surface area contributed by atoms with Gasteiger partial charge in [0.2, 0.25) is 5.88 Å².